The molecule has 1 aromatic carbocycles. The van der Waals surface area contributed by atoms with Gasteiger partial charge in [-0.05, 0) is 25.1 Å². The lowest BCUT2D eigenvalue weighted by Crippen LogP contribution is -2.63. The molecule has 2 amide bonds. The third-order valence-electron chi connectivity index (χ3n) is 6.09. The van der Waals surface area contributed by atoms with Gasteiger partial charge in [0.2, 0.25) is 0 Å². The molecule has 0 aliphatic carbocycles. The molecule has 0 saturated carbocycles. The molecular formula is C23H20F3N7O5. The van der Waals surface area contributed by atoms with Crippen molar-refractivity contribution < 1.29 is 37.1 Å². The smallest absolute Gasteiger partial charge is 0.380 e. The molecule has 2 atom stereocenters. The Hall–Kier alpha value is -4.50. The summed E-state index contributed by atoms with van der Waals surface area (Å²) in [4.78, 5) is 31.0. The van der Waals surface area contributed by atoms with Gasteiger partial charge in [0.1, 0.15) is 0 Å². The standard InChI is InChI=1S/C23H20F3N7O5/c1-22(18(34)20(35)29-13-2-3-15-16(9-13)38-31-19(15)27)21(36)32(6-7-37-22)17-4-5-33(30-17)14-8-12(10-28-11-14)23(24,25)26/h2-5,8-11,18,34H,6-7H2,1H3,(H2,27,31)(H,29,35). The van der Waals surface area contributed by atoms with Gasteiger partial charge in [0.05, 0.1) is 36.0 Å². The van der Waals surface area contributed by atoms with E-state index in [0.717, 1.165) is 10.7 Å². The number of amides is 2. The lowest BCUT2D eigenvalue weighted by molar-refractivity contribution is -0.170. The van der Waals surface area contributed by atoms with Crippen molar-refractivity contribution in [2.75, 3.05) is 29.1 Å². The molecule has 15 heteroatoms. The summed E-state index contributed by atoms with van der Waals surface area (Å²) in [5.41, 5.74) is 3.34. The molecule has 38 heavy (non-hydrogen) atoms. The summed E-state index contributed by atoms with van der Waals surface area (Å²) in [5, 5.41) is 21.7. The van der Waals surface area contributed by atoms with Crippen LogP contribution in [0.1, 0.15) is 12.5 Å². The molecule has 5 rings (SSSR count). The Morgan fingerprint density at radius 1 is 1.26 bits per heavy atom. The number of pyridine rings is 1. The van der Waals surface area contributed by atoms with Crippen LogP contribution < -0.4 is 16.0 Å². The quantitative estimate of drug-likeness (QED) is 0.350. The first kappa shape index (κ1) is 25.2. The van der Waals surface area contributed by atoms with Crippen molar-refractivity contribution in [1.29, 1.82) is 0 Å². The zero-order valence-corrected chi connectivity index (χ0v) is 19.6. The van der Waals surface area contributed by atoms with Gasteiger partial charge in [0, 0.05) is 30.2 Å². The van der Waals surface area contributed by atoms with E-state index in [1.165, 1.54) is 42.4 Å². The zero-order chi connectivity index (χ0) is 27.2. The maximum atomic E-state index is 13.4. The number of morpholine rings is 1. The second-order valence-electron chi connectivity index (χ2n) is 8.63. The number of aliphatic hydroxyl groups is 1. The van der Waals surface area contributed by atoms with E-state index in [9.17, 15) is 27.9 Å². The number of carbonyl (C=O) groups is 2. The lowest BCUT2D eigenvalue weighted by atomic mass is 9.94. The van der Waals surface area contributed by atoms with Crippen molar-refractivity contribution in [3.63, 3.8) is 0 Å². The molecule has 4 N–H and O–H groups in total. The second-order valence-corrected chi connectivity index (χ2v) is 8.63. The first-order valence-electron chi connectivity index (χ1n) is 11.2. The Balaban J connectivity index is 1.34. The second kappa shape index (κ2) is 9.11. The van der Waals surface area contributed by atoms with Gasteiger partial charge in [-0.1, -0.05) is 5.16 Å². The van der Waals surface area contributed by atoms with Crippen LogP contribution in [0.4, 0.5) is 30.5 Å². The van der Waals surface area contributed by atoms with Gasteiger partial charge in [-0.25, -0.2) is 4.68 Å². The maximum Gasteiger partial charge on any atom is 0.417 e. The minimum absolute atomic E-state index is 0.0273. The van der Waals surface area contributed by atoms with Gasteiger partial charge in [-0.2, -0.15) is 13.2 Å². The number of aliphatic hydroxyl groups excluding tert-OH is 1. The van der Waals surface area contributed by atoms with E-state index in [1.807, 2.05) is 0 Å². The highest BCUT2D eigenvalue weighted by Gasteiger charge is 2.51. The number of ether oxygens (including phenoxy) is 1. The molecule has 0 spiro atoms. The fourth-order valence-electron chi connectivity index (χ4n) is 4.00. The molecule has 4 heterocycles. The molecule has 198 valence electrons. The van der Waals surface area contributed by atoms with Crippen molar-refractivity contribution >= 4 is 40.1 Å². The van der Waals surface area contributed by atoms with E-state index in [-0.39, 0.29) is 36.2 Å². The summed E-state index contributed by atoms with van der Waals surface area (Å²) in [6, 6.07) is 6.83. The van der Waals surface area contributed by atoms with E-state index in [0.29, 0.717) is 17.2 Å². The molecule has 12 nitrogen and oxygen atoms in total. The fraction of sp³-hybridized carbons (Fsp3) is 0.261. The van der Waals surface area contributed by atoms with Crippen molar-refractivity contribution in [3.8, 4) is 5.69 Å². The van der Waals surface area contributed by atoms with Crippen LogP contribution in [0.25, 0.3) is 16.7 Å². The molecule has 1 saturated heterocycles. The number of hydrogen-bond acceptors (Lipinski definition) is 9. The molecule has 1 fully saturated rings. The highest BCUT2D eigenvalue weighted by atomic mass is 19.4. The van der Waals surface area contributed by atoms with E-state index < -0.39 is 35.3 Å². The molecule has 4 aromatic rings. The highest BCUT2D eigenvalue weighted by molar-refractivity contribution is 6.06. The molecule has 0 radical (unpaired) electrons. The Kier molecular flexibility index (Phi) is 6.03. The summed E-state index contributed by atoms with van der Waals surface area (Å²) in [5.74, 6) is -1.42. The first-order valence-corrected chi connectivity index (χ1v) is 11.2. The number of alkyl halides is 3. The minimum Gasteiger partial charge on any atom is -0.380 e. The maximum absolute atomic E-state index is 13.4. The number of fused-ring (bicyclic) bond motifs is 1. The highest BCUT2D eigenvalue weighted by Crippen LogP contribution is 2.31. The molecular weight excluding hydrogens is 511 g/mol. The van der Waals surface area contributed by atoms with E-state index in [1.54, 1.807) is 6.07 Å². The molecule has 0 bridgehead atoms. The number of hydrogen-bond donors (Lipinski definition) is 3. The van der Waals surface area contributed by atoms with E-state index in [2.05, 4.69) is 20.6 Å². The van der Waals surface area contributed by atoms with E-state index in [4.69, 9.17) is 15.0 Å². The fourth-order valence-corrected chi connectivity index (χ4v) is 4.00. The number of nitrogens with one attached hydrogen (secondary N) is 1. The number of benzene rings is 1. The van der Waals surface area contributed by atoms with Gasteiger partial charge in [-0.3, -0.25) is 19.5 Å². The average Bonchev–Trinajstić information content (AvgIpc) is 3.52. The third kappa shape index (κ3) is 4.41. The van der Waals surface area contributed by atoms with Crippen molar-refractivity contribution in [2.24, 2.45) is 0 Å². The first-order chi connectivity index (χ1) is 18.0. The topological polar surface area (TPSA) is 162 Å². The number of anilines is 3. The Morgan fingerprint density at radius 2 is 2.05 bits per heavy atom. The predicted octanol–water partition coefficient (Wildman–Crippen LogP) is 2.13. The van der Waals surface area contributed by atoms with Gasteiger partial charge >= 0.3 is 6.18 Å². The van der Waals surface area contributed by atoms with Crippen LogP contribution in [0.15, 0.2) is 53.4 Å². The Labute approximate surface area is 211 Å². The molecule has 2 unspecified atom stereocenters. The van der Waals surface area contributed by atoms with Crippen molar-refractivity contribution in [2.45, 2.75) is 24.8 Å². The van der Waals surface area contributed by atoms with Crippen LogP contribution in [0, 0.1) is 0 Å². The van der Waals surface area contributed by atoms with E-state index >= 15 is 0 Å². The van der Waals surface area contributed by atoms with Crippen LogP contribution >= 0.6 is 0 Å². The van der Waals surface area contributed by atoms with Gasteiger partial charge < -0.3 is 25.4 Å². The number of carbonyl (C=O) groups excluding carboxylic acids is 2. The van der Waals surface area contributed by atoms with Crippen LogP contribution in [0.5, 0.6) is 0 Å². The van der Waals surface area contributed by atoms with Crippen LogP contribution in [0.2, 0.25) is 0 Å². The van der Waals surface area contributed by atoms with Crippen molar-refractivity contribution in [1.82, 2.24) is 19.9 Å². The number of nitrogen functional groups attached to an aromatic ring is 1. The van der Waals surface area contributed by atoms with Crippen LogP contribution in [0.3, 0.4) is 0 Å². The normalized spacial score (nSPS) is 19.1. The van der Waals surface area contributed by atoms with Gasteiger partial charge in [0.25, 0.3) is 11.8 Å². The molecule has 3 aromatic heterocycles. The van der Waals surface area contributed by atoms with Crippen LogP contribution in [-0.2, 0) is 20.5 Å². The average molecular weight is 531 g/mol. The summed E-state index contributed by atoms with van der Waals surface area (Å²) in [7, 11) is 0. The van der Waals surface area contributed by atoms with Crippen LogP contribution in [-0.4, -0.2) is 61.7 Å². The zero-order valence-electron chi connectivity index (χ0n) is 19.6. The summed E-state index contributed by atoms with van der Waals surface area (Å²) in [6.07, 6.45) is -3.28. The number of halogens is 3. The molecule has 1 aliphatic rings. The predicted molar refractivity (Wildman–Crippen MR) is 126 cm³/mol. The van der Waals surface area contributed by atoms with Gasteiger partial charge in [0.15, 0.2) is 28.9 Å². The summed E-state index contributed by atoms with van der Waals surface area (Å²) in [6.45, 7) is 1.25. The summed E-state index contributed by atoms with van der Waals surface area (Å²) < 4.78 is 50.9. The largest absolute Gasteiger partial charge is 0.417 e. The monoisotopic (exact) mass is 531 g/mol. The Morgan fingerprint density at radius 3 is 2.82 bits per heavy atom. The Bertz CT molecular complexity index is 1540. The minimum atomic E-state index is -4.59. The number of nitrogens with zero attached hydrogens (tertiary/aromatic N) is 5. The van der Waals surface area contributed by atoms with Gasteiger partial charge in [-0.15, -0.1) is 5.10 Å². The summed E-state index contributed by atoms with van der Waals surface area (Å²) >= 11 is 0. The third-order valence-corrected chi connectivity index (χ3v) is 6.09. The number of rotatable bonds is 5. The number of aromatic nitrogens is 4. The number of nitrogens with two attached hydrogens (primary N) is 1. The lowest BCUT2D eigenvalue weighted by Gasteiger charge is -2.40. The van der Waals surface area contributed by atoms with Crippen molar-refractivity contribution in [3.05, 3.63) is 54.5 Å². The SMILES string of the molecule is CC1(C(O)C(=O)Nc2ccc3c(N)noc3c2)OCCN(c2ccn(-c3cncc(C(F)(F)F)c3)n2)C1=O. The molecule has 1 aliphatic heterocycles.